The van der Waals surface area contributed by atoms with Crippen molar-refractivity contribution in [3.63, 3.8) is 0 Å². The predicted molar refractivity (Wildman–Crippen MR) is 83.6 cm³/mol. The van der Waals surface area contributed by atoms with Crippen LogP contribution in [-0.2, 0) is 0 Å². The molecule has 2 N–H and O–H groups in total. The predicted octanol–water partition coefficient (Wildman–Crippen LogP) is 3.07. The van der Waals surface area contributed by atoms with E-state index in [1.165, 1.54) is 0 Å². The first-order valence-electron chi connectivity index (χ1n) is 6.95. The Labute approximate surface area is 132 Å². The van der Waals surface area contributed by atoms with E-state index in [-0.39, 0.29) is 18.2 Å². The van der Waals surface area contributed by atoms with Gasteiger partial charge in [0.1, 0.15) is 6.61 Å². The van der Waals surface area contributed by atoms with Gasteiger partial charge in [0.25, 0.3) is 0 Å². The minimum atomic E-state index is -0.322. The molecule has 0 aliphatic carbocycles. The van der Waals surface area contributed by atoms with Gasteiger partial charge in [-0.3, -0.25) is 4.68 Å². The lowest BCUT2D eigenvalue weighted by atomic mass is 10.1. The zero-order valence-electron chi connectivity index (χ0n) is 12.0. The molecule has 2 heterocycles. The van der Waals surface area contributed by atoms with Crippen molar-refractivity contribution in [2.75, 3.05) is 6.61 Å². The van der Waals surface area contributed by atoms with Gasteiger partial charge < -0.3 is 15.2 Å². The molecule has 1 aliphatic heterocycles. The number of hydrogen-bond donors (Lipinski definition) is 1. The third-order valence-corrected chi connectivity index (χ3v) is 4.13. The van der Waals surface area contributed by atoms with Crippen molar-refractivity contribution in [2.45, 2.75) is 32.0 Å². The van der Waals surface area contributed by atoms with Gasteiger partial charge in [-0.1, -0.05) is 12.1 Å². The van der Waals surface area contributed by atoms with E-state index in [1.54, 1.807) is 6.20 Å². The molecule has 21 heavy (non-hydrogen) atoms. The van der Waals surface area contributed by atoms with E-state index in [0.29, 0.717) is 6.61 Å². The van der Waals surface area contributed by atoms with Crippen LogP contribution in [0.3, 0.4) is 0 Å². The van der Waals surface area contributed by atoms with Crippen LogP contribution in [0.25, 0.3) is 0 Å². The molecule has 0 bridgehead atoms. The first kappa shape index (κ1) is 14.4. The molecule has 3 rings (SSSR count). The zero-order chi connectivity index (χ0) is 15.0. The Hall–Kier alpha value is -1.53. The Bertz CT molecular complexity index is 642. The molecular formula is C15H18BrN3O2. The first-order valence-corrected chi connectivity index (χ1v) is 7.74. The van der Waals surface area contributed by atoms with Crippen molar-refractivity contribution in [1.82, 2.24) is 9.78 Å². The maximum Gasteiger partial charge on any atom is 0.161 e. The average Bonchev–Trinajstić information content (AvgIpc) is 2.88. The maximum atomic E-state index is 6.41. The summed E-state index contributed by atoms with van der Waals surface area (Å²) in [6.07, 6.45) is 1.53. The van der Waals surface area contributed by atoms with Gasteiger partial charge in [-0.15, -0.1) is 0 Å². The third kappa shape index (κ3) is 2.65. The Morgan fingerprint density at radius 1 is 1.33 bits per heavy atom. The monoisotopic (exact) mass is 351 g/mol. The number of benzene rings is 1. The normalized spacial score (nSPS) is 18.8. The number of hydrogen-bond acceptors (Lipinski definition) is 4. The lowest BCUT2D eigenvalue weighted by Gasteiger charge is -2.31. The second-order valence-electron chi connectivity index (χ2n) is 5.36. The molecular weight excluding hydrogens is 334 g/mol. The highest BCUT2D eigenvalue weighted by Crippen LogP contribution is 2.35. The highest BCUT2D eigenvalue weighted by molar-refractivity contribution is 9.10. The molecule has 2 aromatic rings. The van der Waals surface area contributed by atoms with Gasteiger partial charge >= 0.3 is 0 Å². The van der Waals surface area contributed by atoms with Gasteiger partial charge in [0, 0.05) is 6.04 Å². The van der Waals surface area contributed by atoms with E-state index in [9.17, 15) is 0 Å². The van der Waals surface area contributed by atoms with E-state index in [0.717, 1.165) is 21.7 Å². The number of para-hydroxylation sites is 2. The van der Waals surface area contributed by atoms with E-state index < -0.39 is 0 Å². The fourth-order valence-corrected chi connectivity index (χ4v) is 3.00. The van der Waals surface area contributed by atoms with Crippen LogP contribution in [0.2, 0.25) is 0 Å². The van der Waals surface area contributed by atoms with Crippen molar-refractivity contribution in [2.24, 2.45) is 5.73 Å². The summed E-state index contributed by atoms with van der Waals surface area (Å²) in [4.78, 5) is 0. The maximum absolute atomic E-state index is 6.41. The molecule has 0 radical (unpaired) electrons. The summed E-state index contributed by atoms with van der Waals surface area (Å²) in [6, 6.07) is 7.54. The molecule has 1 aromatic heterocycles. The molecule has 0 amide bonds. The van der Waals surface area contributed by atoms with Crippen molar-refractivity contribution in [3.8, 4) is 11.5 Å². The van der Waals surface area contributed by atoms with Gasteiger partial charge in [-0.25, -0.2) is 0 Å². The lowest BCUT2D eigenvalue weighted by molar-refractivity contribution is 0.0694. The van der Waals surface area contributed by atoms with Crippen LogP contribution >= 0.6 is 15.9 Å². The molecule has 2 atom stereocenters. The first-order chi connectivity index (χ1) is 10.1. The summed E-state index contributed by atoms with van der Waals surface area (Å²) in [5.41, 5.74) is 7.34. The minimum absolute atomic E-state index is 0.231. The Balaban J connectivity index is 1.87. The van der Waals surface area contributed by atoms with Crippen LogP contribution < -0.4 is 15.2 Å². The van der Waals surface area contributed by atoms with Crippen molar-refractivity contribution < 1.29 is 9.47 Å². The number of nitrogens with two attached hydrogens (primary N) is 1. The fraction of sp³-hybridized carbons (Fsp3) is 0.400. The van der Waals surface area contributed by atoms with E-state index in [1.807, 2.05) is 28.9 Å². The molecule has 5 nitrogen and oxygen atoms in total. The van der Waals surface area contributed by atoms with Gasteiger partial charge in [0.15, 0.2) is 17.6 Å². The van der Waals surface area contributed by atoms with Crippen LogP contribution in [0.15, 0.2) is 34.9 Å². The Kier molecular flexibility index (Phi) is 3.91. The van der Waals surface area contributed by atoms with E-state index in [4.69, 9.17) is 15.2 Å². The van der Waals surface area contributed by atoms with Crippen molar-refractivity contribution in [3.05, 3.63) is 40.6 Å². The minimum Gasteiger partial charge on any atom is -0.486 e. The van der Waals surface area contributed by atoms with E-state index >= 15 is 0 Å². The summed E-state index contributed by atoms with van der Waals surface area (Å²) in [5.74, 6) is 1.49. The van der Waals surface area contributed by atoms with Gasteiger partial charge in [-0.2, -0.15) is 5.10 Å². The summed E-state index contributed by atoms with van der Waals surface area (Å²) < 4.78 is 14.6. The second-order valence-corrected chi connectivity index (χ2v) is 6.21. The molecule has 0 saturated carbocycles. The third-order valence-electron chi connectivity index (χ3n) is 3.52. The number of aromatic nitrogens is 2. The molecule has 0 fully saturated rings. The zero-order valence-corrected chi connectivity index (χ0v) is 13.6. The number of fused-ring (bicyclic) bond motifs is 1. The van der Waals surface area contributed by atoms with Gasteiger partial charge in [0.05, 0.1) is 22.4 Å². The highest BCUT2D eigenvalue weighted by atomic mass is 79.9. The highest BCUT2D eigenvalue weighted by Gasteiger charge is 2.31. The molecule has 0 spiro atoms. The quantitative estimate of drug-likeness (QED) is 0.922. The van der Waals surface area contributed by atoms with Gasteiger partial charge in [0.2, 0.25) is 0 Å². The standard InChI is InChI=1S/C15H18BrN3O2/c1-9(2)19-15(10(16)7-18-19)14(17)13-8-20-11-5-3-4-6-12(11)21-13/h3-7,9,13-14H,8,17H2,1-2H3. The summed E-state index contributed by atoms with van der Waals surface area (Å²) >= 11 is 3.52. The second kappa shape index (κ2) is 5.69. The van der Waals surface area contributed by atoms with Crippen molar-refractivity contribution >= 4 is 15.9 Å². The molecule has 0 saturated heterocycles. The SMILES string of the molecule is CC(C)n1ncc(Br)c1C(N)C1COc2ccccc2O1. The number of halogens is 1. The fourth-order valence-electron chi connectivity index (χ4n) is 2.46. The topological polar surface area (TPSA) is 62.3 Å². The number of nitrogens with zero attached hydrogens (tertiary/aromatic N) is 2. The summed E-state index contributed by atoms with van der Waals surface area (Å²) in [7, 11) is 0. The van der Waals surface area contributed by atoms with Gasteiger partial charge in [-0.05, 0) is 41.9 Å². The van der Waals surface area contributed by atoms with Crippen LogP contribution in [0.1, 0.15) is 31.6 Å². The lowest BCUT2D eigenvalue weighted by Crippen LogP contribution is -2.40. The Morgan fingerprint density at radius 2 is 2.05 bits per heavy atom. The molecule has 1 aromatic carbocycles. The summed E-state index contributed by atoms with van der Waals surface area (Å²) in [5, 5.41) is 4.37. The average molecular weight is 352 g/mol. The largest absolute Gasteiger partial charge is 0.486 e. The molecule has 1 aliphatic rings. The van der Waals surface area contributed by atoms with E-state index in [2.05, 4.69) is 34.9 Å². The summed E-state index contributed by atoms with van der Waals surface area (Å²) in [6.45, 7) is 4.57. The Morgan fingerprint density at radius 3 is 2.76 bits per heavy atom. The van der Waals surface area contributed by atoms with Crippen LogP contribution in [0.4, 0.5) is 0 Å². The molecule has 2 unspecified atom stereocenters. The smallest absolute Gasteiger partial charge is 0.161 e. The number of ether oxygens (including phenoxy) is 2. The molecule has 112 valence electrons. The van der Waals surface area contributed by atoms with Crippen molar-refractivity contribution in [1.29, 1.82) is 0 Å². The van der Waals surface area contributed by atoms with Crippen LogP contribution in [0.5, 0.6) is 11.5 Å². The number of rotatable bonds is 3. The molecule has 6 heteroatoms. The van der Waals surface area contributed by atoms with Crippen LogP contribution in [-0.4, -0.2) is 22.5 Å². The van der Waals surface area contributed by atoms with Crippen LogP contribution in [0, 0.1) is 0 Å².